The van der Waals surface area contributed by atoms with Crippen LogP contribution in [0, 0.1) is 18.3 Å². The Morgan fingerprint density at radius 2 is 2.07 bits per heavy atom. The van der Waals surface area contributed by atoms with Gasteiger partial charge in [0.15, 0.2) is 0 Å². The van der Waals surface area contributed by atoms with Gasteiger partial charge in [0.05, 0.1) is 6.20 Å². The van der Waals surface area contributed by atoms with Gasteiger partial charge in [-0.15, -0.1) is 0 Å². The number of nitrogens with zero attached hydrogens (tertiary/aromatic N) is 3. The van der Waals surface area contributed by atoms with E-state index in [0.717, 1.165) is 23.3 Å². The van der Waals surface area contributed by atoms with Crippen molar-refractivity contribution in [2.45, 2.75) is 44.4 Å². The molecular formula is C23H24N4O. The minimum atomic E-state index is 0.0245. The Bertz CT molecular complexity index is 1130. The van der Waals surface area contributed by atoms with Gasteiger partial charge in [-0.25, -0.2) is 4.98 Å². The van der Waals surface area contributed by atoms with Crippen molar-refractivity contribution < 1.29 is 4.79 Å². The zero-order valence-electron chi connectivity index (χ0n) is 16.3. The Morgan fingerprint density at radius 1 is 1.21 bits per heavy atom. The highest BCUT2D eigenvalue weighted by Crippen LogP contribution is 2.75. The van der Waals surface area contributed by atoms with Gasteiger partial charge in [-0.05, 0) is 84.1 Å². The number of hydrogen-bond acceptors (Lipinski definition) is 3. The van der Waals surface area contributed by atoms with E-state index in [1.165, 1.54) is 35.8 Å². The summed E-state index contributed by atoms with van der Waals surface area (Å²) in [6, 6.07) is 6.60. The second kappa shape index (κ2) is 5.43. The number of hydrogen-bond donors (Lipinski definition) is 1. The highest BCUT2D eigenvalue weighted by Gasteiger charge is 2.63. The highest BCUT2D eigenvalue weighted by molar-refractivity contribution is 5.96. The second-order valence-electron chi connectivity index (χ2n) is 9.13. The fourth-order valence-corrected chi connectivity index (χ4v) is 4.97. The molecule has 3 aliphatic rings. The smallest absolute Gasteiger partial charge is 0.229 e. The van der Waals surface area contributed by atoms with Gasteiger partial charge in [-0.2, -0.15) is 5.10 Å². The largest absolute Gasteiger partial charge is 0.310 e. The third-order valence-corrected chi connectivity index (χ3v) is 7.10. The molecule has 1 aromatic carbocycles. The monoisotopic (exact) mass is 372 g/mol. The lowest BCUT2D eigenvalue weighted by atomic mass is 9.98. The first-order valence-corrected chi connectivity index (χ1v) is 10.2. The minimum Gasteiger partial charge on any atom is -0.310 e. The summed E-state index contributed by atoms with van der Waals surface area (Å²) in [5.74, 6) is 1.77. The van der Waals surface area contributed by atoms with Crippen molar-refractivity contribution in [1.29, 1.82) is 0 Å². The zero-order chi connectivity index (χ0) is 19.0. The molecule has 1 amide bonds. The Kier molecular flexibility index (Phi) is 3.16. The van der Waals surface area contributed by atoms with Crippen LogP contribution in [-0.2, 0) is 11.8 Å². The SMILES string of the molecule is Cc1cc2cnc(NC(=O)C3CC3c3cnn(C)c3)cc2cc1[C@@H]1CC12CC2. The normalized spacial score (nSPS) is 26.4. The molecular weight excluding hydrogens is 348 g/mol. The molecule has 5 nitrogen and oxygen atoms in total. The first kappa shape index (κ1) is 16.3. The second-order valence-corrected chi connectivity index (χ2v) is 9.13. The van der Waals surface area contributed by atoms with Gasteiger partial charge in [0.25, 0.3) is 0 Å². The lowest BCUT2D eigenvalue weighted by Gasteiger charge is -2.10. The molecule has 3 fully saturated rings. The Labute approximate surface area is 164 Å². The van der Waals surface area contributed by atoms with Gasteiger partial charge < -0.3 is 5.32 Å². The van der Waals surface area contributed by atoms with Crippen molar-refractivity contribution in [3.05, 3.63) is 53.5 Å². The molecule has 0 bridgehead atoms. The van der Waals surface area contributed by atoms with Gasteiger partial charge in [0.1, 0.15) is 5.82 Å². The standard InChI is InChI=1S/C23H24N4O/c1-13-5-15-10-24-21(7-14(15)6-17(13)20-9-23(20)3-4-23)26-22(28)19-8-18(19)16-11-25-27(2)12-16/h5-7,10-12,18-20H,3-4,8-9H2,1-2H3,(H,24,26,28)/t18?,19?,20-/m0/s1. The highest BCUT2D eigenvalue weighted by atomic mass is 16.2. The number of nitrogens with one attached hydrogen (secondary N) is 1. The van der Waals surface area contributed by atoms with Crippen LogP contribution in [-0.4, -0.2) is 20.7 Å². The van der Waals surface area contributed by atoms with Gasteiger partial charge >= 0.3 is 0 Å². The van der Waals surface area contributed by atoms with Crippen LogP contribution in [0.15, 0.2) is 36.8 Å². The average Bonchev–Trinajstić information content (AvgIpc) is 3.60. The molecule has 1 N–H and O–H groups in total. The summed E-state index contributed by atoms with van der Waals surface area (Å²) >= 11 is 0. The van der Waals surface area contributed by atoms with Crippen LogP contribution in [0.25, 0.3) is 10.8 Å². The molecule has 0 radical (unpaired) electrons. The first-order chi connectivity index (χ1) is 13.5. The maximum atomic E-state index is 12.7. The van der Waals surface area contributed by atoms with Gasteiger partial charge in [0.2, 0.25) is 5.91 Å². The number of benzene rings is 1. The predicted octanol–water partition coefficient (Wildman–Crippen LogP) is 4.29. The van der Waals surface area contributed by atoms with E-state index in [-0.39, 0.29) is 17.7 Å². The molecule has 3 saturated carbocycles. The number of fused-ring (bicyclic) bond motifs is 1. The molecule has 142 valence electrons. The van der Waals surface area contributed by atoms with Crippen LogP contribution >= 0.6 is 0 Å². The summed E-state index contributed by atoms with van der Waals surface area (Å²) in [5, 5.41) is 9.56. The van der Waals surface area contributed by atoms with E-state index in [1.54, 1.807) is 4.68 Å². The van der Waals surface area contributed by atoms with E-state index < -0.39 is 0 Å². The molecule has 2 unspecified atom stereocenters. The fraction of sp³-hybridized carbons (Fsp3) is 0.435. The van der Waals surface area contributed by atoms with E-state index in [4.69, 9.17) is 0 Å². The number of amides is 1. The summed E-state index contributed by atoms with van der Waals surface area (Å²) in [7, 11) is 1.91. The van der Waals surface area contributed by atoms with Crippen LogP contribution in [0.4, 0.5) is 5.82 Å². The maximum absolute atomic E-state index is 12.7. The molecule has 5 heteroatoms. The Hall–Kier alpha value is -2.69. The van der Waals surface area contributed by atoms with E-state index in [9.17, 15) is 4.79 Å². The van der Waals surface area contributed by atoms with Crippen molar-refractivity contribution >= 4 is 22.5 Å². The number of anilines is 1. The van der Waals surface area contributed by atoms with Crippen molar-refractivity contribution in [3.8, 4) is 0 Å². The molecule has 1 spiro atoms. The molecule has 2 aromatic heterocycles. The third kappa shape index (κ3) is 2.56. The van der Waals surface area contributed by atoms with E-state index in [1.807, 2.05) is 31.7 Å². The van der Waals surface area contributed by atoms with Gasteiger partial charge in [-0.1, -0.05) is 6.07 Å². The summed E-state index contributed by atoms with van der Waals surface area (Å²) in [5.41, 5.74) is 4.66. The molecule has 0 aliphatic heterocycles. The van der Waals surface area contributed by atoms with E-state index in [2.05, 4.69) is 34.5 Å². The summed E-state index contributed by atoms with van der Waals surface area (Å²) < 4.78 is 1.79. The number of rotatable bonds is 4. The molecule has 2 heterocycles. The molecule has 3 atom stereocenters. The summed E-state index contributed by atoms with van der Waals surface area (Å²) in [4.78, 5) is 17.1. The number of carbonyl (C=O) groups excluding carboxylic acids is 1. The van der Waals surface area contributed by atoms with Crippen molar-refractivity contribution in [3.63, 3.8) is 0 Å². The van der Waals surface area contributed by atoms with Crippen molar-refractivity contribution in [2.75, 3.05) is 5.32 Å². The Morgan fingerprint density at radius 3 is 2.79 bits per heavy atom. The van der Waals surface area contributed by atoms with Crippen LogP contribution in [0.2, 0.25) is 0 Å². The topological polar surface area (TPSA) is 59.8 Å². The lowest BCUT2D eigenvalue weighted by molar-refractivity contribution is -0.117. The molecule has 0 saturated heterocycles. The van der Waals surface area contributed by atoms with Crippen LogP contribution in [0.3, 0.4) is 0 Å². The van der Waals surface area contributed by atoms with Crippen LogP contribution in [0.5, 0.6) is 0 Å². The van der Waals surface area contributed by atoms with Crippen LogP contribution in [0.1, 0.15) is 54.2 Å². The quantitative estimate of drug-likeness (QED) is 0.743. The van der Waals surface area contributed by atoms with Crippen molar-refractivity contribution in [2.24, 2.45) is 18.4 Å². The zero-order valence-corrected chi connectivity index (χ0v) is 16.3. The van der Waals surface area contributed by atoms with Crippen LogP contribution < -0.4 is 5.32 Å². The molecule has 6 rings (SSSR count). The van der Waals surface area contributed by atoms with Gasteiger partial charge in [0, 0.05) is 30.7 Å². The predicted molar refractivity (Wildman–Crippen MR) is 108 cm³/mol. The van der Waals surface area contributed by atoms with Gasteiger partial charge in [-0.3, -0.25) is 9.48 Å². The first-order valence-electron chi connectivity index (χ1n) is 10.2. The lowest BCUT2D eigenvalue weighted by Crippen LogP contribution is -2.15. The molecule has 3 aliphatic carbocycles. The number of pyridine rings is 1. The average molecular weight is 372 g/mol. The molecule has 3 aromatic rings. The summed E-state index contributed by atoms with van der Waals surface area (Å²) in [6.45, 7) is 2.21. The molecule has 28 heavy (non-hydrogen) atoms. The maximum Gasteiger partial charge on any atom is 0.229 e. The Balaban J connectivity index is 1.22. The minimum absolute atomic E-state index is 0.0245. The fourth-order valence-electron chi connectivity index (χ4n) is 4.97. The summed E-state index contributed by atoms with van der Waals surface area (Å²) in [6.07, 6.45) is 10.8. The van der Waals surface area contributed by atoms with Crippen molar-refractivity contribution in [1.82, 2.24) is 14.8 Å². The third-order valence-electron chi connectivity index (χ3n) is 7.10. The van der Waals surface area contributed by atoms with E-state index >= 15 is 0 Å². The number of aromatic nitrogens is 3. The number of aryl methyl sites for hydroxylation is 2. The number of carbonyl (C=O) groups is 1. The van der Waals surface area contributed by atoms with E-state index in [0.29, 0.717) is 11.2 Å².